The molecule has 86 valence electrons. The number of nitrogens with one attached hydrogen (secondary N) is 1. The van der Waals surface area contributed by atoms with Crippen molar-refractivity contribution < 1.29 is 4.79 Å². The van der Waals surface area contributed by atoms with Crippen LogP contribution in [0, 0.1) is 18.8 Å². The van der Waals surface area contributed by atoms with Gasteiger partial charge in [-0.1, -0.05) is 13.0 Å². The fourth-order valence-corrected chi connectivity index (χ4v) is 1.79. The maximum Gasteiger partial charge on any atom is 0.251 e. The van der Waals surface area contributed by atoms with E-state index in [1.165, 1.54) is 6.42 Å². The molecule has 0 heterocycles. The normalized spacial score (nSPS) is 22.9. The van der Waals surface area contributed by atoms with Gasteiger partial charge in [-0.2, -0.15) is 0 Å². The van der Waals surface area contributed by atoms with Crippen LogP contribution in [0.3, 0.4) is 0 Å². The fourth-order valence-electron chi connectivity index (χ4n) is 1.79. The van der Waals surface area contributed by atoms with Crippen molar-refractivity contribution in [2.24, 2.45) is 11.8 Å². The molecule has 0 spiro atoms. The lowest BCUT2D eigenvalue weighted by molar-refractivity contribution is 0.0951. The highest BCUT2D eigenvalue weighted by atomic mass is 16.1. The van der Waals surface area contributed by atoms with E-state index in [0.717, 1.165) is 18.0 Å². The van der Waals surface area contributed by atoms with Gasteiger partial charge in [0.1, 0.15) is 0 Å². The topological polar surface area (TPSA) is 55.1 Å². The Bertz CT molecular complexity index is 414. The molecule has 1 fully saturated rings. The van der Waals surface area contributed by atoms with Crippen LogP contribution in [0.5, 0.6) is 0 Å². The van der Waals surface area contributed by atoms with Gasteiger partial charge in [0, 0.05) is 17.8 Å². The first-order valence-corrected chi connectivity index (χ1v) is 5.72. The molecule has 1 aliphatic carbocycles. The molecule has 1 aromatic carbocycles. The molecule has 2 atom stereocenters. The average molecular weight is 218 g/mol. The van der Waals surface area contributed by atoms with E-state index in [2.05, 4.69) is 12.2 Å². The standard InChI is InChI=1S/C13H18N2O/c1-8-3-4-10(6-12(8)14)13(16)15-7-11-5-9(11)2/h3-4,6,9,11H,5,7,14H2,1-2H3,(H,15,16). The van der Waals surface area contributed by atoms with Crippen LogP contribution in [0.25, 0.3) is 0 Å². The Labute approximate surface area is 96.0 Å². The number of aryl methyl sites for hydroxylation is 1. The minimum absolute atomic E-state index is 0.0224. The number of hydrogen-bond donors (Lipinski definition) is 2. The van der Waals surface area contributed by atoms with Gasteiger partial charge in [0.25, 0.3) is 5.91 Å². The van der Waals surface area contributed by atoms with E-state index >= 15 is 0 Å². The maximum absolute atomic E-state index is 11.8. The molecule has 3 heteroatoms. The van der Waals surface area contributed by atoms with Gasteiger partial charge in [0.2, 0.25) is 0 Å². The molecule has 0 saturated heterocycles. The first kappa shape index (κ1) is 11.0. The number of nitrogens with two attached hydrogens (primary N) is 1. The van der Waals surface area contributed by atoms with Crippen molar-refractivity contribution in [3.05, 3.63) is 29.3 Å². The summed E-state index contributed by atoms with van der Waals surface area (Å²) in [5, 5.41) is 2.94. The molecule has 16 heavy (non-hydrogen) atoms. The number of anilines is 1. The molecular formula is C13H18N2O. The average Bonchev–Trinajstić information content (AvgIpc) is 2.95. The zero-order chi connectivity index (χ0) is 11.7. The van der Waals surface area contributed by atoms with Crippen LogP contribution in [0.15, 0.2) is 18.2 Å². The largest absolute Gasteiger partial charge is 0.398 e. The Morgan fingerprint density at radius 3 is 2.81 bits per heavy atom. The summed E-state index contributed by atoms with van der Waals surface area (Å²) >= 11 is 0. The highest BCUT2D eigenvalue weighted by Crippen LogP contribution is 2.36. The number of benzene rings is 1. The number of hydrogen-bond acceptors (Lipinski definition) is 2. The summed E-state index contributed by atoms with van der Waals surface area (Å²) in [6.07, 6.45) is 1.23. The lowest BCUT2D eigenvalue weighted by Crippen LogP contribution is -2.26. The second-order valence-electron chi connectivity index (χ2n) is 4.75. The smallest absolute Gasteiger partial charge is 0.251 e. The van der Waals surface area contributed by atoms with E-state index < -0.39 is 0 Å². The van der Waals surface area contributed by atoms with Crippen LogP contribution in [-0.4, -0.2) is 12.5 Å². The highest BCUT2D eigenvalue weighted by Gasteiger charge is 2.32. The Morgan fingerprint density at radius 2 is 2.25 bits per heavy atom. The Morgan fingerprint density at radius 1 is 1.56 bits per heavy atom. The Balaban J connectivity index is 1.95. The monoisotopic (exact) mass is 218 g/mol. The molecule has 1 saturated carbocycles. The van der Waals surface area contributed by atoms with Crippen molar-refractivity contribution in [3.8, 4) is 0 Å². The van der Waals surface area contributed by atoms with Gasteiger partial charge in [0.15, 0.2) is 0 Å². The van der Waals surface area contributed by atoms with Crippen molar-refractivity contribution in [2.75, 3.05) is 12.3 Å². The molecule has 2 unspecified atom stereocenters. The van der Waals surface area contributed by atoms with Crippen molar-refractivity contribution in [2.45, 2.75) is 20.3 Å². The molecule has 1 amide bonds. The van der Waals surface area contributed by atoms with Gasteiger partial charge in [-0.15, -0.1) is 0 Å². The Hall–Kier alpha value is -1.51. The zero-order valence-electron chi connectivity index (χ0n) is 9.79. The van der Waals surface area contributed by atoms with Gasteiger partial charge < -0.3 is 11.1 Å². The van der Waals surface area contributed by atoms with Crippen molar-refractivity contribution >= 4 is 11.6 Å². The third-order valence-corrected chi connectivity index (χ3v) is 3.34. The number of carbonyl (C=O) groups is 1. The first-order valence-electron chi connectivity index (χ1n) is 5.72. The third-order valence-electron chi connectivity index (χ3n) is 3.34. The first-order chi connectivity index (χ1) is 7.58. The summed E-state index contributed by atoms with van der Waals surface area (Å²) in [7, 11) is 0. The van der Waals surface area contributed by atoms with E-state index in [1.54, 1.807) is 6.07 Å². The summed E-state index contributed by atoms with van der Waals surface area (Å²) in [5.74, 6) is 1.42. The maximum atomic E-state index is 11.8. The van der Waals surface area contributed by atoms with Crippen molar-refractivity contribution in [1.29, 1.82) is 0 Å². The predicted octanol–water partition coefficient (Wildman–Crippen LogP) is 1.96. The van der Waals surface area contributed by atoms with E-state index in [1.807, 2.05) is 19.1 Å². The molecule has 2 rings (SSSR count). The van der Waals surface area contributed by atoms with Gasteiger partial charge in [-0.3, -0.25) is 4.79 Å². The summed E-state index contributed by atoms with van der Waals surface area (Å²) < 4.78 is 0. The molecule has 0 radical (unpaired) electrons. The molecular weight excluding hydrogens is 200 g/mol. The third kappa shape index (κ3) is 2.35. The predicted molar refractivity (Wildman–Crippen MR) is 65.2 cm³/mol. The summed E-state index contributed by atoms with van der Waals surface area (Å²) in [6, 6.07) is 5.43. The zero-order valence-corrected chi connectivity index (χ0v) is 9.79. The van der Waals surface area contributed by atoms with Crippen LogP contribution < -0.4 is 11.1 Å². The minimum atomic E-state index is -0.0224. The summed E-state index contributed by atoms with van der Waals surface area (Å²) in [5.41, 5.74) is 8.10. The summed E-state index contributed by atoms with van der Waals surface area (Å²) in [6.45, 7) is 4.93. The second kappa shape index (κ2) is 4.16. The quantitative estimate of drug-likeness (QED) is 0.762. The van der Waals surface area contributed by atoms with Crippen LogP contribution in [0.4, 0.5) is 5.69 Å². The molecule has 3 nitrogen and oxygen atoms in total. The van der Waals surface area contributed by atoms with Crippen molar-refractivity contribution in [1.82, 2.24) is 5.32 Å². The second-order valence-corrected chi connectivity index (χ2v) is 4.75. The van der Waals surface area contributed by atoms with Crippen molar-refractivity contribution in [3.63, 3.8) is 0 Å². The lowest BCUT2D eigenvalue weighted by Gasteiger charge is -2.06. The van der Waals surface area contributed by atoms with Crippen LogP contribution in [0.1, 0.15) is 29.3 Å². The molecule has 0 aliphatic heterocycles. The Kier molecular flexibility index (Phi) is 2.86. The molecule has 3 N–H and O–H groups in total. The van der Waals surface area contributed by atoms with E-state index in [-0.39, 0.29) is 5.91 Å². The minimum Gasteiger partial charge on any atom is -0.398 e. The number of carbonyl (C=O) groups excluding carboxylic acids is 1. The van der Waals surface area contributed by atoms with Crippen LogP contribution >= 0.6 is 0 Å². The lowest BCUT2D eigenvalue weighted by atomic mass is 10.1. The molecule has 1 aromatic rings. The molecule has 0 bridgehead atoms. The van der Waals surface area contributed by atoms with Crippen LogP contribution in [0.2, 0.25) is 0 Å². The fraction of sp³-hybridized carbons (Fsp3) is 0.462. The van der Waals surface area contributed by atoms with E-state index in [9.17, 15) is 4.79 Å². The van der Waals surface area contributed by atoms with Gasteiger partial charge in [0.05, 0.1) is 0 Å². The van der Waals surface area contributed by atoms with Gasteiger partial charge >= 0.3 is 0 Å². The van der Waals surface area contributed by atoms with Crippen LogP contribution in [-0.2, 0) is 0 Å². The van der Waals surface area contributed by atoms with E-state index in [4.69, 9.17) is 5.73 Å². The molecule has 0 aromatic heterocycles. The van der Waals surface area contributed by atoms with E-state index in [0.29, 0.717) is 17.2 Å². The highest BCUT2D eigenvalue weighted by molar-refractivity contribution is 5.95. The SMILES string of the molecule is Cc1ccc(C(=O)NCC2CC2C)cc1N. The van der Waals surface area contributed by atoms with Gasteiger partial charge in [-0.25, -0.2) is 0 Å². The number of nitrogen functional groups attached to an aromatic ring is 1. The molecule has 1 aliphatic rings. The van der Waals surface area contributed by atoms with Gasteiger partial charge in [-0.05, 0) is 42.9 Å². The number of rotatable bonds is 3. The number of amides is 1. The summed E-state index contributed by atoms with van der Waals surface area (Å²) in [4.78, 5) is 11.8.